The lowest BCUT2D eigenvalue weighted by Crippen LogP contribution is -2.35. The van der Waals surface area contributed by atoms with Crippen molar-refractivity contribution < 1.29 is 0 Å². The zero-order valence-electron chi connectivity index (χ0n) is 12.8. The van der Waals surface area contributed by atoms with Gasteiger partial charge in [-0.05, 0) is 24.3 Å². The first-order chi connectivity index (χ1) is 11.7. The van der Waals surface area contributed by atoms with Crippen molar-refractivity contribution in [3.05, 3.63) is 67.5 Å². The van der Waals surface area contributed by atoms with Gasteiger partial charge in [-0.1, -0.05) is 11.6 Å². The summed E-state index contributed by atoms with van der Waals surface area (Å²) in [5, 5.41) is 0.665. The molecule has 5 nitrogen and oxygen atoms in total. The molecule has 0 spiro atoms. The molecule has 3 heterocycles. The third-order valence-corrected chi connectivity index (χ3v) is 5.14. The van der Waals surface area contributed by atoms with Gasteiger partial charge in [-0.3, -0.25) is 14.7 Å². The van der Waals surface area contributed by atoms with Crippen LogP contribution in [0.25, 0.3) is 11.4 Å². The number of hydrogen-bond donors (Lipinski definition) is 1. The van der Waals surface area contributed by atoms with E-state index >= 15 is 0 Å². The lowest BCUT2D eigenvalue weighted by Gasteiger charge is -2.27. The first-order valence-electron chi connectivity index (χ1n) is 7.67. The van der Waals surface area contributed by atoms with Gasteiger partial charge in [0, 0.05) is 47.7 Å². The molecule has 0 saturated carbocycles. The first-order valence-corrected chi connectivity index (χ1v) is 8.92. The molecule has 0 radical (unpaired) electrons. The highest BCUT2D eigenvalue weighted by Crippen LogP contribution is 2.21. The van der Waals surface area contributed by atoms with E-state index in [1.807, 2.05) is 23.8 Å². The fourth-order valence-corrected chi connectivity index (χ4v) is 3.66. The van der Waals surface area contributed by atoms with E-state index in [1.165, 1.54) is 4.88 Å². The number of aromatic nitrogens is 3. The smallest absolute Gasteiger partial charge is 0.255 e. The van der Waals surface area contributed by atoms with E-state index in [2.05, 4.69) is 19.9 Å². The predicted molar refractivity (Wildman–Crippen MR) is 95.2 cm³/mol. The summed E-state index contributed by atoms with van der Waals surface area (Å²) in [7, 11) is 0. The van der Waals surface area contributed by atoms with Crippen molar-refractivity contribution in [2.75, 3.05) is 6.54 Å². The molecular weight excluding hydrogens is 344 g/mol. The van der Waals surface area contributed by atoms with Crippen LogP contribution in [-0.4, -0.2) is 26.4 Å². The Morgan fingerprint density at radius 1 is 1.29 bits per heavy atom. The Bertz CT molecular complexity index is 905. The summed E-state index contributed by atoms with van der Waals surface area (Å²) in [6.45, 7) is 2.33. The van der Waals surface area contributed by atoms with Gasteiger partial charge in [-0.2, -0.15) is 0 Å². The van der Waals surface area contributed by atoms with Crippen LogP contribution in [0.2, 0.25) is 5.02 Å². The lowest BCUT2D eigenvalue weighted by atomic mass is 10.1. The quantitative estimate of drug-likeness (QED) is 0.781. The highest BCUT2D eigenvalue weighted by Gasteiger charge is 2.21. The molecule has 122 valence electrons. The second-order valence-electron chi connectivity index (χ2n) is 5.78. The molecule has 3 aromatic rings. The molecule has 0 bridgehead atoms. The van der Waals surface area contributed by atoms with Gasteiger partial charge < -0.3 is 4.98 Å². The molecule has 1 aliphatic heterocycles. The number of nitrogens with one attached hydrogen (secondary N) is 1. The lowest BCUT2D eigenvalue weighted by molar-refractivity contribution is 0.244. The SMILES string of the molecule is O=c1[nH]c(-c2ccc(Cl)cc2)nc2c1CN(Cc1cncs1)CC2. The summed E-state index contributed by atoms with van der Waals surface area (Å²) < 4.78 is 0. The summed E-state index contributed by atoms with van der Waals surface area (Å²) in [5.74, 6) is 0.603. The van der Waals surface area contributed by atoms with E-state index in [0.29, 0.717) is 17.4 Å². The Labute approximate surface area is 148 Å². The molecule has 0 saturated heterocycles. The minimum absolute atomic E-state index is 0.0565. The number of thiazole rings is 1. The summed E-state index contributed by atoms with van der Waals surface area (Å²) in [5.41, 5.74) is 4.30. The number of benzene rings is 1. The van der Waals surface area contributed by atoms with E-state index in [0.717, 1.165) is 36.3 Å². The highest BCUT2D eigenvalue weighted by molar-refractivity contribution is 7.09. The molecule has 0 fully saturated rings. The molecule has 7 heteroatoms. The van der Waals surface area contributed by atoms with Gasteiger partial charge in [-0.15, -0.1) is 11.3 Å². The van der Waals surface area contributed by atoms with Crippen LogP contribution in [-0.2, 0) is 19.5 Å². The Kier molecular flexibility index (Phi) is 4.18. The van der Waals surface area contributed by atoms with Gasteiger partial charge in [0.15, 0.2) is 0 Å². The largest absolute Gasteiger partial charge is 0.306 e. The van der Waals surface area contributed by atoms with E-state index in [9.17, 15) is 4.79 Å². The molecule has 1 aromatic carbocycles. The molecule has 0 amide bonds. The monoisotopic (exact) mass is 358 g/mol. The number of aromatic amines is 1. The van der Waals surface area contributed by atoms with E-state index in [-0.39, 0.29) is 5.56 Å². The summed E-state index contributed by atoms with van der Waals surface area (Å²) in [4.78, 5) is 27.7. The van der Waals surface area contributed by atoms with Gasteiger partial charge in [0.05, 0.1) is 16.8 Å². The van der Waals surface area contributed by atoms with Crippen LogP contribution in [0.3, 0.4) is 0 Å². The van der Waals surface area contributed by atoms with E-state index in [4.69, 9.17) is 11.6 Å². The molecular formula is C17H15ClN4OS. The van der Waals surface area contributed by atoms with Crippen LogP contribution < -0.4 is 5.56 Å². The summed E-state index contributed by atoms with van der Waals surface area (Å²) >= 11 is 7.56. The van der Waals surface area contributed by atoms with Crippen molar-refractivity contribution in [1.29, 1.82) is 0 Å². The van der Waals surface area contributed by atoms with Gasteiger partial charge in [0.1, 0.15) is 5.82 Å². The van der Waals surface area contributed by atoms with E-state index < -0.39 is 0 Å². The molecule has 0 unspecified atom stereocenters. The Hall–Kier alpha value is -2.02. The molecule has 2 aromatic heterocycles. The van der Waals surface area contributed by atoms with Gasteiger partial charge >= 0.3 is 0 Å². The number of rotatable bonds is 3. The number of hydrogen-bond acceptors (Lipinski definition) is 5. The number of halogens is 1. The van der Waals surface area contributed by atoms with Crippen LogP contribution in [0.5, 0.6) is 0 Å². The summed E-state index contributed by atoms with van der Waals surface area (Å²) in [6.07, 6.45) is 2.66. The second kappa shape index (κ2) is 6.47. The third kappa shape index (κ3) is 3.13. The minimum atomic E-state index is -0.0565. The van der Waals surface area contributed by atoms with Crippen LogP contribution in [0.1, 0.15) is 16.1 Å². The van der Waals surface area contributed by atoms with Crippen LogP contribution in [0.15, 0.2) is 40.8 Å². The molecule has 4 rings (SSSR count). The van der Waals surface area contributed by atoms with Crippen molar-refractivity contribution in [3.63, 3.8) is 0 Å². The minimum Gasteiger partial charge on any atom is -0.306 e. The standard InChI is InChI=1S/C17H15ClN4OS/c18-12-3-1-11(2-4-12)16-20-15-5-6-22(8-13-7-19-10-24-13)9-14(15)17(23)21-16/h1-4,7,10H,5-6,8-9H2,(H,20,21,23). The van der Waals surface area contributed by atoms with Crippen LogP contribution >= 0.6 is 22.9 Å². The maximum atomic E-state index is 12.5. The normalized spacial score (nSPS) is 14.5. The zero-order valence-corrected chi connectivity index (χ0v) is 14.4. The molecule has 0 aliphatic carbocycles. The van der Waals surface area contributed by atoms with E-state index in [1.54, 1.807) is 23.5 Å². The van der Waals surface area contributed by atoms with Gasteiger partial charge in [-0.25, -0.2) is 4.98 Å². The van der Waals surface area contributed by atoms with Crippen molar-refractivity contribution in [1.82, 2.24) is 19.9 Å². The van der Waals surface area contributed by atoms with Crippen molar-refractivity contribution in [3.8, 4) is 11.4 Å². The number of nitrogens with zero attached hydrogens (tertiary/aromatic N) is 3. The maximum absolute atomic E-state index is 12.5. The number of H-pyrrole nitrogens is 1. The Morgan fingerprint density at radius 3 is 2.88 bits per heavy atom. The average Bonchev–Trinajstić information content (AvgIpc) is 3.09. The Morgan fingerprint density at radius 2 is 2.12 bits per heavy atom. The Balaban J connectivity index is 1.61. The van der Waals surface area contributed by atoms with Crippen LogP contribution in [0.4, 0.5) is 0 Å². The fourth-order valence-electron chi connectivity index (χ4n) is 2.90. The van der Waals surface area contributed by atoms with Crippen molar-refractivity contribution >= 4 is 22.9 Å². The molecule has 24 heavy (non-hydrogen) atoms. The van der Waals surface area contributed by atoms with Gasteiger partial charge in [0.25, 0.3) is 5.56 Å². The van der Waals surface area contributed by atoms with Crippen molar-refractivity contribution in [2.24, 2.45) is 0 Å². The maximum Gasteiger partial charge on any atom is 0.255 e. The molecule has 0 atom stereocenters. The summed E-state index contributed by atoms with van der Waals surface area (Å²) in [6, 6.07) is 7.33. The predicted octanol–water partition coefficient (Wildman–Crippen LogP) is 3.11. The fraction of sp³-hybridized carbons (Fsp3) is 0.235. The number of fused-ring (bicyclic) bond motifs is 1. The van der Waals surface area contributed by atoms with Crippen molar-refractivity contribution in [2.45, 2.75) is 19.5 Å². The zero-order chi connectivity index (χ0) is 16.5. The highest BCUT2D eigenvalue weighted by atomic mass is 35.5. The molecule has 1 N–H and O–H groups in total. The van der Waals surface area contributed by atoms with Crippen LogP contribution in [0, 0.1) is 0 Å². The third-order valence-electron chi connectivity index (χ3n) is 4.13. The average molecular weight is 359 g/mol. The second-order valence-corrected chi connectivity index (χ2v) is 7.18. The topological polar surface area (TPSA) is 61.9 Å². The first kappa shape index (κ1) is 15.5. The molecule has 1 aliphatic rings. The van der Waals surface area contributed by atoms with Gasteiger partial charge in [0.2, 0.25) is 0 Å².